The zero-order valence-corrected chi connectivity index (χ0v) is 14.2. The summed E-state index contributed by atoms with van der Waals surface area (Å²) in [5.74, 6) is 0.514. The Bertz CT molecular complexity index is 1130. The number of para-hydroxylation sites is 2. The molecule has 0 unspecified atom stereocenters. The molecule has 134 valence electrons. The predicted octanol–water partition coefficient (Wildman–Crippen LogP) is 3.22. The molecular weight excluding hydrogens is 348 g/mol. The highest BCUT2D eigenvalue weighted by Crippen LogP contribution is 2.20. The van der Waals surface area contributed by atoms with E-state index < -0.39 is 10.8 Å². The average Bonchev–Trinajstić information content (AvgIpc) is 3.24. The van der Waals surface area contributed by atoms with Crippen molar-refractivity contribution in [2.75, 3.05) is 5.32 Å². The Hall–Kier alpha value is -4.01. The van der Waals surface area contributed by atoms with Crippen LogP contribution in [0.2, 0.25) is 0 Å². The number of H-pyrrole nitrogens is 1. The van der Waals surface area contributed by atoms with E-state index in [1.807, 2.05) is 24.3 Å². The van der Waals surface area contributed by atoms with Gasteiger partial charge in [-0.05, 0) is 31.2 Å². The molecule has 2 aromatic heterocycles. The lowest BCUT2D eigenvalue weighted by Crippen LogP contribution is -2.15. The molecule has 2 aromatic carbocycles. The second-order valence-corrected chi connectivity index (χ2v) is 5.92. The molecule has 0 saturated carbocycles. The quantitative estimate of drug-likeness (QED) is 0.427. The number of aromatic nitrogens is 4. The number of rotatable bonds is 4. The Morgan fingerprint density at radius 2 is 1.93 bits per heavy atom. The van der Waals surface area contributed by atoms with Gasteiger partial charge in [-0.25, -0.2) is 4.98 Å². The van der Waals surface area contributed by atoms with Gasteiger partial charge in [-0.1, -0.05) is 12.1 Å². The summed E-state index contributed by atoms with van der Waals surface area (Å²) in [6, 6.07) is 14.7. The fourth-order valence-corrected chi connectivity index (χ4v) is 2.71. The SMILES string of the molecule is Cc1cc(NC(=O)c2ccc([N+](=O)[O-])cc2)n(-c2nc3ccccc3[nH]2)n1. The number of non-ortho nitro benzene ring substituents is 1. The summed E-state index contributed by atoms with van der Waals surface area (Å²) < 4.78 is 1.51. The van der Waals surface area contributed by atoms with Crippen LogP contribution in [-0.2, 0) is 0 Å². The highest BCUT2D eigenvalue weighted by atomic mass is 16.6. The summed E-state index contributed by atoms with van der Waals surface area (Å²) >= 11 is 0. The molecule has 0 saturated heterocycles. The fraction of sp³-hybridized carbons (Fsp3) is 0.0556. The van der Waals surface area contributed by atoms with Gasteiger partial charge < -0.3 is 10.3 Å². The summed E-state index contributed by atoms with van der Waals surface area (Å²) in [5, 5.41) is 17.9. The second kappa shape index (κ2) is 6.37. The smallest absolute Gasteiger partial charge is 0.269 e. The number of aryl methyl sites for hydroxylation is 1. The van der Waals surface area contributed by atoms with Gasteiger partial charge in [0.15, 0.2) is 0 Å². The molecule has 0 bridgehead atoms. The molecule has 0 aliphatic carbocycles. The Balaban J connectivity index is 1.64. The number of amides is 1. The number of nitrogens with zero attached hydrogens (tertiary/aromatic N) is 4. The average molecular weight is 362 g/mol. The molecule has 0 radical (unpaired) electrons. The van der Waals surface area contributed by atoms with E-state index in [-0.39, 0.29) is 5.69 Å². The minimum atomic E-state index is -0.512. The molecule has 9 heteroatoms. The minimum absolute atomic E-state index is 0.0743. The van der Waals surface area contributed by atoms with Gasteiger partial charge in [0, 0.05) is 23.8 Å². The Morgan fingerprint density at radius 3 is 2.63 bits per heavy atom. The van der Waals surface area contributed by atoms with Gasteiger partial charge in [0.1, 0.15) is 5.82 Å². The van der Waals surface area contributed by atoms with E-state index in [0.717, 1.165) is 11.0 Å². The van der Waals surface area contributed by atoms with E-state index in [0.29, 0.717) is 23.0 Å². The third-order valence-electron chi connectivity index (χ3n) is 3.99. The molecule has 27 heavy (non-hydrogen) atoms. The van der Waals surface area contributed by atoms with Gasteiger partial charge in [0.2, 0.25) is 5.95 Å². The molecule has 2 heterocycles. The van der Waals surface area contributed by atoms with Crippen LogP contribution in [0.1, 0.15) is 16.1 Å². The van der Waals surface area contributed by atoms with Crippen molar-refractivity contribution in [3.63, 3.8) is 0 Å². The molecule has 0 aliphatic heterocycles. The minimum Gasteiger partial charge on any atom is -0.322 e. The van der Waals surface area contributed by atoms with Crippen molar-refractivity contribution in [1.29, 1.82) is 0 Å². The second-order valence-electron chi connectivity index (χ2n) is 5.92. The van der Waals surface area contributed by atoms with Crippen LogP contribution in [0.15, 0.2) is 54.6 Å². The van der Waals surface area contributed by atoms with Crippen LogP contribution in [0.25, 0.3) is 17.0 Å². The lowest BCUT2D eigenvalue weighted by molar-refractivity contribution is -0.384. The van der Waals surface area contributed by atoms with Crippen LogP contribution in [0, 0.1) is 17.0 Å². The van der Waals surface area contributed by atoms with Crippen LogP contribution in [-0.4, -0.2) is 30.6 Å². The van der Waals surface area contributed by atoms with E-state index in [4.69, 9.17) is 0 Å². The molecule has 0 fully saturated rings. The van der Waals surface area contributed by atoms with Crippen molar-refractivity contribution in [3.8, 4) is 5.95 Å². The van der Waals surface area contributed by atoms with Gasteiger partial charge >= 0.3 is 0 Å². The van der Waals surface area contributed by atoms with Crippen molar-refractivity contribution in [3.05, 3.63) is 76.0 Å². The normalized spacial score (nSPS) is 10.9. The maximum Gasteiger partial charge on any atom is 0.269 e. The number of anilines is 1. The number of hydrogen-bond acceptors (Lipinski definition) is 5. The Labute approximate surface area is 152 Å². The number of aromatic amines is 1. The van der Waals surface area contributed by atoms with Crippen molar-refractivity contribution in [1.82, 2.24) is 19.7 Å². The highest BCUT2D eigenvalue weighted by molar-refractivity contribution is 6.04. The monoisotopic (exact) mass is 362 g/mol. The molecule has 9 nitrogen and oxygen atoms in total. The third kappa shape index (κ3) is 3.13. The zero-order chi connectivity index (χ0) is 19.0. The van der Waals surface area contributed by atoms with E-state index in [2.05, 4.69) is 20.4 Å². The number of hydrogen-bond donors (Lipinski definition) is 2. The molecule has 2 N–H and O–H groups in total. The topological polar surface area (TPSA) is 119 Å². The lowest BCUT2D eigenvalue weighted by atomic mass is 10.2. The number of fused-ring (bicyclic) bond motifs is 1. The van der Waals surface area contributed by atoms with Crippen LogP contribution < -0.4 is 5.32 Å². The number of carbonyl (C=O) groups is 1. The van der Waals surface area contributed by atoms with Crippen LogP contribution in [0.4, 0.5) is 11.5 Å². The number of carbonyl (C=O) groups excluding carboxylic acids is 1. The molecule has 0 spiro atoms. The maximum atomic E-state index is 12.5. The third-order valence-corrected chi connectivity index (χ3v) is 3.99. The Kier molecular flexibility index (Phi) is 3.88. The van der Waals surface area contributed by atoms with Crippen LogP contribution in [0.5, 0.6) is 0 Å². The van der Waals surface area contributed by atoms with Crippen molar-refractivity contribution < 1.29 is 9.72 Å². The summed E-state index contributed by atoms with van der Waals surface area (Å²) in [4.78, 5) is 30.4. The summed E-state index contributed by atoms with van der Waals surface area (Å²) in [6.07, 6.45) is 0. The van der Waals surface area contributed by atoms with E-state index in [9.17, 15) is 14.9 Å². The molecular formula is C18H14N6O3. The first-order valence-electron chi connectivity index (χ1n) is 8.09. The standard InChI is InChI=1S/C18H14N6O3/c1-11-10-16(21-17(25)12-6-8-13(9-7-12)24(26)27)23(22-11)18-19-14-4-2-3-5-15(14)20-18/h2-10H,1H3,(H,19,20)(H,21,25). The molecule has 4 aromatic rings. The van der Waals surface area contributed by atoms with E-state index >= 15 is 0 Å². The molecule has 0 aliphatic rings. The Morgan fingerprint density at radius 1 is 1.19 bits per heavy atom. The predicted molar refractivity (Wildman–Crippen MR) is 99.0 cm³/mol. The summed E-state index contributed by atoms with van der Waals surface area (Å²) in [5.41, 5.74) is 2.57. The lowest BCUT2D eigenvalue weighted by Gasteiger charge is -2.06. The zero-order valence-electron chi connectivity index (χ0n) is 14.2. The summed E-state index contributed by atoms with van der Waals surface area (Å²) in [7, 11) is 0. The van der Waals surface area contributed by atoms with Crippen molar-refractivity contribution >= 4 is 28.4 Å². The van der Waals surface area contributed by atoms with Crippen LogP contribution >= 0.6 is 0 Å². The fourth-order valence-electron chi connectivity index (χ4n) is 2.71. The number of nitrogens with one attached hydrogen (secondary N) is 2. The molecule has 4 rings (SSSR count). The first-order chi connectivity index (χ1) is 13.0. The van der Waals surface area contributed by atoms with E-state index in [1.54, 1.807) is 13.0 Å². The van der Waals surface area contributed by atoms with Crippen molar-refractivity contribution in [2.24, 2.45) is 0 Å². The maximum absolute atomic E-state index is 12.5. The van der Waals surface area contributed by atoms with Gasteiger partial charge in [0.25, 0.3) is 11.6 Å². The highest BCUT2D eigenvalue weighted by Gasteiger charge is 2.16. The van der Waals surface area contributed by atoms with Gasteiger partial charge in [-0.2, -0.15) is 9.78 Å². The number of nitro groups is 1. The van der Waals surface area contributed by atoms with Gasteiger partial charge in [-0.3, -0.25) is 14.9 Å². The van der Waals surface area contributed by atoms with E-state index in [1.165, 1.54) is 28.9 Å². The molecule has 1 amide bonds. The first kappa shape index (κ1) is 16.5. The largest absolute Gasteiger partial charge is 0.322 e. The number of benzene rings is 2. The van der Waals surface area contributed by atoms with Gasteiger partial charge in [-0.15, -0.1) is 0 Å². The van der Waals surface area contributed by atoms with Gasteiger partial charge in [0.05, 0.1) is 21.7 Å². The van der Waals surface area contributed by atoms with Crippen LogP contribution in [0.3, 0.4) is 0 Å². The van der Waals surface area contributed by atoms with Crippen molar-refractivity contribution in [2.45, 2.75) is 6.92 Å². The first-order valence-corrected chi connectivity index (χ1v) is 8.09. The summed E-state index contributed by atoms with van der Waals surface area (Å²) in [6.45, 7) is 1.81. The molecule has 0 atom stereocenters. The number of imidazole rings is 1. The number of nitro benzene ring substituents is 1.